The van der Waals surface area contributed by atoms with Gasteiger partial charge in [-0.2, -0.15) is 0 Å². The van der Waals surface area contributed by atoms with Gasteiger partial charge in [0, 0.05) is 16.0 Å². The fourth-order valence-corrected chi connectivity index (χ4v) is 4.55. The third-order valence-corrected chi connectivity index (χ3v) is 6.66. The summed E-state index contributed by atoms with van der Waals surface area (Å²) in [5, 5.41) is 1.14. The number of fused-ring (bicyclic) bond motifs is 1. The van der Waals surface area contributed by atoms with Gasteiger partial charge < -0.3 is 9.47 Å². The third-order valence-electron chi connectivity index (χ3n) is 4.91. The minimum atomic E-state index is -0.474. The summed E-state index contributed by atoms with van der Waals surface area (Å²) < 4.78 is 12.3. The number of nitrogens with one attached hydrogen (secondary N) is 1. The fraction of sp³-hybridized carbons (Fsp3) is 0.174. The van der Waals surface area contributed by atoms with Crippen LogP contribution < -0.4 is 20.5 Å². The first-order chi connectivity index (χ1) is 15.8. The van der Waals surface area contributed by atoms with Crippen LogP contribution in [0.3, 0.4) is 0 Å². The molecule has 10 heteroatoms. The smallest absolute Gasteiger partial charge is 0.281 e. The van der Waals surface area contributed by atoms with E-state index >= 15 is 0 Å². The molecule has 0 unspecified atom stereocenters. The van der Waals surface area contributed by atoms with Gasteiger partial charge in [0.05, 0.1) is 17.5 Å². The zero-order chi connectivity index (χ0) is 23.7. The number of aromatic nitrogens is 2. The first-order valence-corrected chi connectivity index (χ1v) is 11.4. The quantitative estimate of drug-likeness (QED) is 0.383. The van der Waals surface area contributed by atoms with Gasteiger partial charge in [0.1, 0.15) is 33.8 Å². The van der Waals surface area contributed by atoms with E-state index in [2.05, 4.69) is 10.4 Å². The Morgan fingerprint density at radius 3 is 2.70 bits per heavy atom. The molecule has 1 N–H and O–H groups in total. The van der Waals surface area contributed by atoms with Crippen molar-refractivity contribution in [2.75, 3.05) is 12.5 Å². The molecule has 0 radical (unpaired) electrons. The van der Waals surface area contributed by atoms with Crippen molar-refractivity contribution < 1.29 is 14.3 Å². The van der Waals surface area contributed by atoms with Crippen LogP contribution in [0.25, 0.3) is 10.2 Å². The van der Waals surface area contributed by atoms with Crippen molar-refractivity contribution in [3.8, 4) is 11.5 Å². The van der Waals surface area contributed by atoms with E-state index < -0.39 is 5.91 Å². The average molecular weight is 504 g/mol. The van der Waals surface area contributed by atoms with E-state index in [1.54, 1.807) is 49.4 Å². The van der Waals surface area contributed by atoms with Crippen molar-refractivity contribution in [1.82, 2.24) is 9.66 Å². The molecule has 33 heavy (non-hydrogen) atoms. The number of halogens is 2. The number of amides is 1. The Morgan fingerprint density at radius 1 is 1.15 bits per heavy atom. The molecule has 2 aromatic heterocycles. The average Bonchev–Trinajstić information content (AvgIpc) is 3.17. The topological polar surface area (TPSA) is 82.5 Å². The molecule has 170 valence electrons. The first-order valence-electron chi connectivity index (χ1n) is 9.83. The highest BCUT2D eigenvalue weighted by atomic mass is 35.5. The minimum absolute atomic E-state index is 0.0883. The molecule has 4 aromatic rings. The van der Waals surface area contributed by atoms with E-state index in [-0.39, 0.29) is 12.2 Å². The summed E-state index contributed by atoms with van der Waals surface area (Å²) >= 11 is 13.7. The molecule has 0 bridgehead atoms. The van der Waals surface area contributed by atoms with Crippen LogP contribution in [0.5, 0.6) is 11.5 Å². The van der Waals surface area contributed by atoms with Gasteiger partial charge in [-0.25, -0.2) is 9.66 Å². The molecule has 0 saturated carbocycles. The number of ether oxygens (including phenoxy) is 2. The van der Waals surface area contributed by atoms with E-state index in [1.807, 2.05) is 6.92 Å². The number of benzene rings is 2. The molecule has 0 atom stereocenters. The highest BCUT2D eigenvalue weighted by Crippen LogP contribution is 2.32. The van der Waals surface area contributed by atoms with Crippen LogP contribution >= 0.6 is 34.5 Å². The Bertz CT molecular complexity index is 1430. The lowest BCUT2D eigenvalue weighted by atomic mass is 10.1. The van der Waals surface area contributed by atoms with Gasteiger partial charge >= 0.3 is 0 Å². The zero-order valence-corrected chi connectivity index (χ0v) is 20.3. The van der Waals surface area contributed by atoms with Crippen LogP contribution in [0, 0.1) is 13.8 Å². The summed E-state index contributed by atoms with van der Waals surface area (Å²) in [6.45, 7) is 3.66. The van der Waals surface area contributed by atoms with E-state index in [4.69, 9.17) is 32.7 Å². The highest BCUT2D eigenvalue weighted by molar-refractivity contribution is 7.18. The molecule has 2 heterocycles. The predicted molar refractivity (Wildman–Crippen MR) is 131 cm³/mol. The van der Waals surface area contributed by atoms with E-state index in [0.717, 1.165) is 9.55 Å². The van der Waals surface area contributed by atoms with E-state index in [1.165, 1.54) is 18.4 Å². The van der Waals surface area contributed by atoms with Gasteiger partial charge in [-0.3, -0.25) is 15.0 Å². The Morgan fingerprint density at radius 2 is 1.94 bits per heavy atom. The lowest BCUT2D eigenvalue weighted by molar-refractivity contribution is 0.101. The summed E-state index contributed by atoms with van der Waals surface area (Å²) in [6.07, 6.45) is 0. The van der Waals surface area contributed by atoms with Gasteiger partial charge in [0.2, 0.25) is 0 Å². The lowest BCUT2D eigenvalue weighted by Crippen LogP contribution is -2.35. The van der Waals surface area contributed by atoms with Gasteiger partial charge in [0.15, 0.2) is 0 Å². The molecule has 0 aliphatic rings. The van der Waals surface area contributed by atoms with Crippen molar-refractivity contribution in [3.63, 3.8) is 0 Å². The number of nitrogens with zero attached hydrogens (tertiary/aromatic N) is 2. The van der Waals surface area contributed by atoms with Crippen molar-refractivity contribution in [2.24, 2.45) is 0 Å². The van der Waals surface area contributed by atoms with Gasteiger partial charge in [0.25, 0.3) is 11.5 Å². The molecule has 2 aromatic carbocycles. The number of methoxy groups -OCH3 is 1. The molecule has 4 rings (SSSR count). The van der Waals surface area contributed by atoms with Crippen molar-refractivity contribution in [1.29, 1.82) is 0 Å². The summed E-state index contributed by atoms with van der Waals surface area (Å²) in [7, 11) is 1.53. The number of carbonyl (C=O) groups is 1. The van der Waals surface area contributed by atoms with Crippen LogP contribution in [0.2, 0.25) is 10.0 Å². The van der Waals surface area contributed by atoms with Crippen LogP contribution in [0.15, 0.2) is 47.3 Å². The van der Waals surface area contributed by atoms with Crippen LogP contribution in [0.4, 0.5) is 0 Å². The monoisotopic (exact) mass is 503 g/mol. The third kappa shape index (κ3) is 4.68. The second-order valence-electron chi connectivity index (χ2n) is 7.18. The summed E-state index contributed by atoms with van der Waals surface area (Å²) in [6, 6.07) is 11.7. The van der Waals surface area contributed by atoms with Crippen molar-refractivity contribution >= 4 is 50.7 Å². The predicted octanol–water partition coefficient (Wildman–Crippen LogP) is 5.35. The standard InChI is InChI=1S/C23H19Cl2N3O4S/c1-12-9-16-22(33-12)26-13(2)28(23(16)30)27-21(29)14-7-8-18(31-3)15(10-14)11-32-19-6-4-5-17(24)20(19)25/h4-10H,11H2,1-3H3,(H,27,29). The molecule has 0 aliphatic heterocycles. The number of thiophene rings is 1. The van der Waals surface area contributed by atoms with Crippen LogP contribution in [-0.2, 0) is 6.61 Å². The summed E-state index contributed by atoms with van der Waals surface area (Å²) in [5.74, 6) is 0.858. The Hall–Kier alpha value is -3.07. The number of hydrogen-bond donors (Lipinski definition) is 1. The van der Waals surface area contributed by atoms with Gasteiger partial charge in [-0.05, 0) is 50.2 Å². The number of hydrogen-bond acceptors (Lipinski definition) is 6. The Kier molecular flexibility index (Phi) is 6.60. The van der Waals surface area contributed by atoms with Crippen LogP contribution in [0.1, 0.15) is 26.6 Å². The Labute approximate surface area is 203 Å². The fourth-order valence-electron chi connectivity index (χ4n) is 3.28. The van der Waals surface area contributed by atoms with Crippen LogP contribution in [-0.4, -0.2) is 22.7 Å². The van der Waals surface area contributed by atoms with E-state index in [0.29, 0.717) is 48.7 Å². The summed E-state index contributed by atoms with van der Waals surface area (Å²) in [4.78, 5) is 31.9. The second-order valence-corrected chi connectivity index (χ2v) is 9.20. The lowest BCUT2D eigenvalue weighted by Gasteiger charge is -2.14. The number of carbonyl (C=O) groups excluding carboxylic acids is 1. The molecule has 7 nitrogen and oxygen atoms in total. The normalized spacial score (nSPS) is 10.9. The molecular weight excluding hydrogens is 485 g/mol. The molecular formula is C23H19Cl2N3O4S. The molecule has 0 spiro atoms. The first kappa shape index (κ1) is 23.1. The number of rotatable bonds is 6. The maximum atomic E-state index is 13.0. The van der Waals surface area contributed by atoms with E-state index in [9.17, 15) is 9.59 Å². The zero-order valence-electron chi connectivity index (χ0n) is 17.9. The summed E-state index contributed by atoms with van der Waals surface area (Å²) in [5.41, 5.74) is 3.24. The largest absolute Gasteiger partial charge is 0.496 e. The van der Waals surface area contributed by atoms with Crippen molar-refractivity contribution in [3.05, 3.63) is 84.7 Å². The molecule has 0 saturated heterocycles. The van der Waals surface area contributed by atoms with Gasteiger partial charge in [-0.15, -0.1) is 11.3 Å². The Balaban J connectivity index is 1.60. The molecule has 0 aliphatic carbocycles. The molecule has 1 amide bonds. The maximum Gasteiger partial charge on any atom is 0.281 e. The van der Waals surface area contributed by atoms with Gasteiger partial charge in [-0.1, -0.05) is 29.3 Å². The minimum Gasteiger partial charge on any atom is -0.496 e. The molecule has 0 fully saturated rings. The second kappa shape index (κ2) is 9.43. The number of aryl methyl sites for hydroxylation is 2. The maximum absolute atomic E-state index is 13.0. The van der Waals surface area contributed by atoms with Crippen molar-refractivity contribution in [2.45, 2.75) is 20.5 Å². The SMILES string of the molecule is COc1ccc(C(=O)Nn2c(C)nc3sc(C)cc3c2=O)cc1COc1cccc(Cl)c1Cl. The highest BCUT2D eigenvalue weighted by Gasteiger charge is 2.16.